The predicted octanol–water partition coefficient (Wildman–Crippen LogP) is 1.08. The molecule has 0 spiro atoms. The monoisotopic (exact) mass is 267 g/mol. The van der Waals surface area contributed by atoms with Crippen molar-refractivity contribution in [2.75, 3.05) is 13.2 Å². The predicted molar refractivity (Wildman–Crippen MR) is 55.8 cm³/mol. The number of rotatable bonds is 3. The van der Waals surface area contributed by atoms with Gasteiger partial charge in [0.1, 0.15) is 13.2 Å². The molecule has 0 saturated carbocycles. The number of carbonyl (C=O) groups is 1. The van der Waals surface area contributed by atoms with Gasteiger partial charge in [-0.3, -0.25) is 4.79 Å². The van der Waals surface area contributed by atoms with Crippen LogP contribution in [0.15, 0.2) is 0 Å². The van der Waals surface area contributed by atoms with Crippen LogP contribution in [0.3, 0.4) is 0 Å². The van der Waals surface area contributed by atoms with Crippen LogP contribution in [0.4, 0.5) is 13.2 Å². The van der Waals surface area contributed by atoms with E-state index in [2.05, 4.69) is 4.74 Å². The summed E-state index contributed by atoms with van der Waals surface area (Å²) < 4.78 is 40.0. The maximum atomic E-state index is 11.9. The van der Waals surface area contributed by atoms with Crippen molar-refractivity contribution in [1.29, 1.82) is 0 Å². The maximum absolute atomic E-state index is 11.9. The van der Waals surface area contributed by atoms with Gasteiger partial charge in [0.2, 0.25) is 5.91 Å². The van der Waals surface area contributed by atoms with E-state index in [-0.39, 0.29) is 12.1 Å². The fourth-order valence-electron chi connectivity index (χ4n) is 2.88. The number of piperidine rings is 1. The maximum Gasteiger partial charge on any atom is 0.411 e. The highest BCUT2D eigenvalue weighted by Gasteiger charge is 2.42. The number of nitrogens with zero attached hydrogens (tertiary/aromatic N) is 1. The van der Waals surface area contributed by atoms with Crippen LogP contribution in [0.25, 0.3) is 0 Å². The second-order valence-corrected chi connectivity index (χ2v) is 4.92. The Labute approximate surface area is 103 Å². The van der Waals surface area contributed by atoms with Crippen LogP contribution in [0.5, 0.6) is 0 Å². The van der Waals surface area contributed by atoms with E-state index < -0.39 is 31.4 Å². The van der Waals surface area contributed by atoms with Crippen molar-refractivity contribution in [2.24, 2.45) is 0 Å². The van der Waals surface area contributed by atoms with Crippen LogP contribution in [-0.2, 0) is 9.53 Å². The first-order valence-corrected chi connectivity index (χ1v) is 6.00. The summed E-state index contributed by atoms with van der Waals surface area (Å²) in [6.45, 7) is -1.94. The van der Waals surface area contributed by atoms with Gasteiger partial charge in [0.05, 0.1) is 6.10 Å². The Kier molecular flexibility index (Phi) is 3.82. The van der Waals surface area contributed by atoms with Gasteiger partial charge in [-0.05, 0) is 25.7 Å². The molecule has 2 unspecified atom stereocenters. The van der Waals surface area contributed by atoms with E-state index >= 15 is 0 Å². The number of hydrogen-bond acceptors (Lipinski definition) is 3. The molecule has 0 radical (unpaired) electrons. The molecule has 2 aliphatic heterocycles. The van der Waals surface area contributed by atoms with Gasteiger partial charge >= 0.3 is 6.18 Å². The zero-order valence-corrected chi connectivity index (χ0v) is 9.82. The van der Waals surface area contributed by atoms with Crippen LogP contribution in [-0.4, -0.2) is 53.5 Å². The molecule has 2 fully saturated rings. The fraction of sp³-hybridized carbons (Fsp3) is 0.909. The third-order valence-corrected chi connectivity index (χ3v) is 3.49. The molecule has 4 nitrogen and oxygen atoms in total. The summed E-state index contributed by atoms with van der Waals surface area (Å²) in [4.78, 5) is 13.4. The van der Waals surface area contributed by atoms with Gasteiger partial charge in [0.25, 0.3) is 0 Å². The Morgan fingerprint density at radius 2 is 1.83 bits per heavy atom. The SMILES string of the molecule is O=C(COCC(F)(F)F)N1C2CCC1CC(O)C2. The normalized spacial score (nSPS) is 31.8. The third kappa shape index (κ3) is 3.14. The summed E-state index contributed by atoms with van der Waals surface area (Å²) in [6.07, 6.45) is -2.15. The molecule has 0 aromatic carbocycles. The molecule has 0 aliphatic carbocycles. The second-order valence-electron chi connectivity index (χ2n) is 4.92. The number of fused-ring (bicyclic) bond motifs is 2. The van der Waals surface area contributed by atoms with E-state index in [1.165, 1.54) is 0 Å². The van der Waals surface area contributed by atoms with Crippen molar-refractivity contribution in [3.8, 4) is 0 Å². The standard InChI is InChI=1S/C11H16F3NO3/c12-11(13,14)6-18-5-10(17)15-7-1-2-8(15)4-9(16)3-7/h7-9,16H,1-6H2. The Morgan fingerprint density at radius 1 is 1.28 bits per heavy atom. The van der Waals surface area contributed by atoms with Crippen molar-refractivity contribution in [3.05, 3.63) is 0 Å². The van der Waals surface area contributed by atoms with Crippen LogP contribution in [0.2, 0.25) is 0 Å². The van der Waals surface area contributed by atoms with E-state index in [0.29, 0.717) is 12.8 Å². The molecule has 1 N–H and O–H groups in total. The van der Waals surface area contributed by atoms with E-state index in [9.17, 15) is 23.1 Å². The summed E-state index contributed by atoms with van der Waals surface area (Å²) in [5.74, 6) is -0.404. The first-order valence-electron chi connectivity index (χ1n) is 6.00. The average molecular weight is 267 g/mol. The van der Waals surface area contributed by atoms with E-state index in [1.807, 2.05) is 0 Å². The second kappa shape index (κ2) is 5.05. The van der Waals surface area contributed by atoms with Crippen molar-refractivity contribution >= 4 is 5.91 Å². The van der Waals surface area contributed by atoms with Gasteiger partial charge in [0.15, 0.2) is 0 Å². The number of alkyl halides is 3. The number of aliphatic hydroxyl groups excluding tert-OH is 1. The van der Waals surface area contributed by atoms with Gasteiger partial charge < -0.3 is 14.7 Å². The highest BCUT2D eigenvalue weighted by atomic mass is 19.4. The molecule has 7 heteroatoms. The van der Waals surface area contributed by atoms with Gasteiger partial charge in [-0.25, -0.2) is 0 Å². The summed E-state index contributed by atoms with van der Waals surface area (Å²) in [5.41, 5.74) is 0. The molecular formula is C11H16F3NO3. The van der Waals surface area contributed by atoms with Gasteiger partial charge in [-0.2, -0.15) is 13.2 Å². The molecule has 18 heavy (non-hydrogen) atoms. The lowest BCUT2D eigenvalue weighted by Gasteiger charge is -2.37. The summed E-state index contributed by atoms with van der Waals surface area (Å²) in [6, 6.07) is -0.0820. The lowest BCUT2D eigenvalue weighted by Crippen LogP contribution is -2.49. The van der Waals surface area contributed by atoms with E-state index in [4.69, 9.17) is 0 Å². The number of aliphatic hydroxyl groups is 1. The number of hydrogen-bond donors (Lipinski definition) is 1. The molecule has 2 bridgehead atoms. The average Bonchev–Trinajstić information content (AvgIpc) is 2.49. The van der Waals surface area contributed by atoms with Crippen molar-refractivity contribution < 1.29 is 27.8 Å². The number of carbonyl (C=O) groups excluding carboxylic acids is 1. The summed E-state index contributed by atoms with van der Waals surface area (Å²) >= 11 is 0. The molecule has 2 heterocycles. The molecule has 1 amide bonds. The quantitative estimate of drug-likeness (QED) is 0.832. The van der Waals surface area contributed by atoms with Gasteiger partial charge in [-0.15, -0.1) is 0 Å². The Morgan fingerprint density at radius 3 is 2.33 bits per heavy atom. The minimum atomic E-state index is -4.41. The van der Waals surface area contributed by atoms with Crippen molar-refractivity contribution in [1.82, 2.24) is 4.90 Å². The molecule has 2 saturated heterocycles. The minimum absolute atomic E-state index is 0.0410. The Bertz CT molecular complexity index is 307. The zero-order valence-electron chi connectivity index (χ0n) is 9.82. The molecule has 2 aliphatic rings. The first kappa shape index (κ1) is 13.6. The van der Waals surface area contributed by atoms with E-state index in [1.54, 1.807) is 4.90 Å². The molecule has 0 aromatic heterocycles. The van der Waals surface area contributed by atoms with Crippen LogP contribution in [0.1, 0.15) is 25.7 Å². The molecule has 2 atom stereocenters. The van der Waals surface area contributed by atoms with Crippen molar-refractivity contribution in [3.63, 3.8) is 0 Å². The zero-order chi connectivity index (χ0) is 13.3. The van der Waals surface area contributed by atoms with E-state index in [0.717, 1.165) is 12.8 Å². The number of amides is 1. The largest absolute Gasteiger partial charge is 0.411 e. The lowest BCUT2D eigenvalue weighted by atomic mass is 10.00. The summed E-state index contributed by atoms with van der Waals surface area (Å²) in [7, 11) is 0. The van der Waals surface area contributed by atoms with Gasteiger partial charge in [-0.1, -0.05) is 0 Å². The van der Waals surface area contributed by atoms with Crippen LogP contribution >= 0.6 is 0 Å². The van der Waals surface area contributed by atoms with Gasteiger partial charge in [0, 0.05) is 12.1 Å². The number of halogens is 3. The first-order chi connectivity index (χ1) is 8.37. The molecular weight excluding hydrogens is 251 g/mol. The highest BCUT2D eigenvalue weighted by molar-refractivity contribution is 5.78. The third-order valence-electron chi connectivity index (χ3n) is 3.49. The topological polar surface area (TPSA) is 49.8 Å². The molecule has 2 rings (SSSR count). The Balaban J connectivity index is 1.83. The minimum Gasteiger partial charge on any atom is -0.393 e. The van der Waals surface area contributed by atoms with Crippen LogP contribution in [0, 0.1) is 0 Å². The van der Waals surface area contributed by atoms with Crippen LogP contribution < -0.4 is 0 Å². The fourth-order valence-corrected chi connectivity index (χ4v) is 2.88. The summed E-state index contributed by atoms with van der Waals surface area (Å²) in [5, 5.41) is 9.55. The Hall–Kier alpha value is -0.820. The number of ether oxygens (including phenoxy) is 1. The molecule has 104 valence electrons. The highest BCUT2D eigenvalue weighted by Crippen LogP contribution is 2.35. The lowest BCUT2D eigenvalue weighted by molar-refractivity contribution is -0.179. The van der Waals surface area contributed by atoms with Crippen molar-refractivity contribution in [2.45, 2.75) is 50.0 Å². The molecule has 0 aromatic rings. The smallest absolute Gasteiger partial charge is 0.393 e.